The number of unbranched alkanes of at least 4 members (excludes halogenated alkanes) is 2. The van der Waals surface area contributed by atoms with Gasteiger partial charge in [0.25, 0.3) is 0 Å². The molecule has 0 atom stereocenters. The summed E-state index contributed by atoms with van der Waals surface area (Å²) in [4.78, 5) is 0. The van der Waals surface area contributed by atoms with Gasteiger partial charge >= 0.3 is 6.18 Å². The van der Waals surface area contributed by atoms with E-state index in [0.717, 1.165) is 42.5 Å². The molecule has 0 nitrogen and oxygen atoms in total. The molecule has 0 aliphatic heterocycles. The molecular formula is C15H17F3. The van der Waals surface area contributed by atoms with E-state index in [1.165, 1.54) is 12.1 Å². The molecule has 0 N–H and O–H groups in total. The van der Waals surface area contributed by atoms with Gasteiger partial charge in [0.05, 0.1) is 5.56 Å². The Hall–Kier alpha value is -1.51. The van der Waals surface area contributed by atoms with Gasteiger partial charge in [-0.3, -0.25) is 0 Å². The van der Waals surface area contributed by atoms with Crippen molar-refractivity contribution in [3.8, 4) is 0 Å². The molecule has 0 aliphatic rings. The fourth-order valence-corrected chi connectivity index (χ4v) is 1.62. The van der Waals surface area contributed by atoms with E-state index in [2.05, 4.69) is 6.58 Å². The molecule has 98 valence electrons. The predicted molar refractivity (Wildman–Crippen MR) is 69.1 cm³/mol. The highest BCUT2D eigenvalue weighted by Crippen LogP contribution is 2.30. The molecule has 0 saturated heterocycles. The summed E-state index contributed by atoms with van der Waals surface area (Å²) >= 11 is 0. The van der Waals surface area contributed by atoms with E-state index in [0.29, 0.717) is 0 Å². The minimum absolute atomic E-state index is 0.606. The predicted octanol–water partition coefficient (Wildman–Crippen LogP) is 5.47. The zero-order valence-corrected chi connectivity index (χ0v) is 10.4. The Balaban J connectivity index is 2.70. The molecule has 0 heterocycles. The molecule has 0 fully saturated rings. The third kappa shape index (κ3) is 4.40. The van der Waals surface area contributed by atoms with Crippen LogP contribution >= 0.6 is 0 Å². The quantitative estimate of drug-likeness (QED) is 0.483. The molecule has 0 bridgehead atoms. The first-order valence-electron chi connectivity index (χ1n) is 5.90. The maximum Gasteiger partial charge on any atom is 0.416 e. The van der Waals surface area contributed by atoms with Gasteiger partial charge in [-0.1, -0.05) is 24.3 Å². The van der Waals surface area contributed by atoms with Crippen LogP contribution in [0.3, 0.4) is 0 Å². The Morgan fingerprint density at radius 2 is 1.78 bits per heavy atom. The first kappa shape index (κ1) is 14.6. The highest BCUT2D eigenvalue weighted by molar-refractivity contribution is 5.63. The molecule has 0 spiro atoms. The van der Waals surface area contributed by atoms with E-state index in [4.69, 9.17) is 0 Å². The van der Waals surface area contributed by atoms with E-state index in [9.17, 15) is 13.2 Å². The summed E-state index contributed by atoms with van der Waals surface area (Å²) in [6.07, 6.45) is 2.53. The lowest BCUT2D eigenvalue weighted by Gasteiger charge is -2.08. The van der Waals surface area contributed by atoms with Gasteiger partial charge in [-0.15, -0.1) is 6.58 Å². The average Bonchev–Trinajstić information content (AvgIpc) is 2.33. The van der Waals surface area contributed by atoms with Crippen LogP contribution < -0.4 is 0 Å². The zero-order valence-electron chi connectivity index (χ0n) is 10.4. The second-order valence-electron chi connectivity index (χ2n) is 4.18. The maximum absolute atomic E-state index is 12.4. The number of alkyl halides is 3. The van der Waals surface area contributed by atoms with Crippen molar-refractivity contribution in [2.24, 2.45) is 0 Å². The number of hydrogen-bond donors (Lipinski definition) is 0. The normalized spacial score (nSPS) is 12.6. The van der Waals surface area contributed by atoms with Crippen molar-refractivity contribution in [2.45, 2.75) is 32.4 Å². The van der Waals surface area contributed by atoms with Crippen molar-refractivity contribution in [1.29, 1.82) is 0 Å². The SMILES string of the molecule is C=CCCC/C=C(\C)c1ccc(C(F)(F)F)cc1. The molecule has 1 aromatic carbocycles. The molecule has 0 amide bonds. The lowest BCUT2D eigenvalue weighted by Crippen LogP contribution is -2.04. The Labute approximate surface area is 106 Å². The van der Waals surface area contributed by atoms with Crippen LogP contribution in [-0.2, 0) is 6.18 Å². The lowest BCUT2D eigenvalue weighted by molar-refractivity contribution is -0.137. The second-order valence-corrected chi connectivity index (χ2v) is 4.18. The van der Waals surface area contributed by atoms with Crippen molar-refractivity contribution in [2.75, 3.05) is 0 Å². The van der Waals surface area contributed by atoms with Gasteiger partial charge in [-0.2, -0.15) is 13.2 Å². The van der Waals surface area contributed by atoms with Gasteiger partial charge in [-0.05, 0) is 49.5 Å². The van der Waals surface area contributed by atoms with Crippen LogP contribution in [0, 0.1) is 0 Å². The Kier molecular flexibility index (Phi) is 5.20. The minimum Gasteiger partial charge on any atom is -0.166 e. The van der Waals surface area contributed by atoms with Crippen LogP contribution in [0.5, 0.6) is 0 Å². The van der Waals surface area contributed by atoms with Crippen LogP contribution in [0.1, 0.15) is 37.3 Å². The van der Waals surface area contributed by atoms with Gasteiger partial charge in [0.1, 0.15) is 0 Å². The van der Waals surface area contributed by atoms with Gasteiger partial charge in [0.2, 0.25) is 0 Å². The summed E-state index contributed by atoms with van der Waals surface area (Å²) < 4.78 is 37.2. The summed E-state index contributed by atoms with van der Waals surface area (Å²) in [5.41, 5.74) is 1.24. The van der Waals surface area contributed by atoms with E-state index >= 15 is 0 Å². The molecule has 18 heavy (non-hydrogen) atoms. The molecule has 0 saturated carbocycles. The number of halogens is 3. The first-order valence-corrected chi connectivity index (χ1v) is 5.90. The summed E-state index contributed by atoms with van der Waals surface area (Å²) in [5, 5.41) is 0. The number of rotatable bonds is 5. The third-order valence-electron chi connectivity index (χ3n) is 2.73. The van der Waals surface area contributed by atoms with Gasteiger partial charge < -0.3 is 0 Å². The largest absolute Gasteiger partial charge is 0.416 e. The average molecular weight is 254 g/mol. The Morgan fingerprint density at radius 1 is 1.17 bits per heavy atom. The van der Waals surface area contributed by atoms with Crippen molar-refractivity contribution in [3.05, 3.63) is 54.1 Å². The number of hydrogen-bond acceptors (Lipinski definition) is 0. The maximum atomic E-state index is 12.4. The topological polar surface area (TPSA) is 0 Å². The fourth-order valence-electron chi connectivity index (χ4n) is 1.62. The lowest BCUT2D eigenvalue weighted by atomic mass is 10.0. The summed E-state index contributed by atoms with van der Waals surface area (Å²) in [6.45, 7) is 5.55. The van der Waals surface area contributed by atoms with Crippen LogP contribution in [0.2, 0.25) is 0 Å². The molecule has 0 unspecified atom stereocenters. The smallest absolute Gasteiger partial charge is 0.166 e. The third-order valence-corrected chi connectivity index (χ3v) is 2.73. The van der Waals surface area contributed by atoms with Crippen LogP contribution in [0.15, 0.2) is 43.0 Å². The second kappa shape index (κ2) is 6.43. The summed E-state index contributed by atoms with van der Waals surface area (Å²) in [6, 6.07) is 5.27. The van der Waals surface area contributed by atoms with Gasteiger partial charge in [0.15, 0.2) is 0 Å². The highest BCUT2D eigenvalue weighted by Gasteiger charge is 2.29. The number of allylic oxidation sites excluding steroid dienone is 3. The fraction of sp³-hybridized carbons (Fsp3) is 0.333. The van der Waals surface area contributed by atoms with Crippen molar-refractivity contribution >= 4 is 5.57 Å². The van der Waals surface area contributed by atoms with Crippen LogP contribution in [0.4, 0.5) is 13.2 Å². The van der Waals surface area contributed by atoms with Crippen molar-refractivity contribution < 1.29 is 13.2 Å². The van der Waals surface area contributed by atoms with Crippen molar-refractivity contribution in [1.82, 2.24) is 0 Å². The van der Waals surface area contributed by atoms with Gasteiger partial charge in [-0.25, -0.2) is 0 Å². The van der Waals surface area contributed by atoms with E-state index in [1.54, 1.807) is 0 Å². The number of benzene rings is 1. The molecule has 1 rings (SSSR count). The molecule has 3 heteroatoms. The Bertz CT molecular complexity index is 410. The first-order chi connectivity index (χ1) is 8.45. The highest BCUT2D eigenvalue weighted by atomic mass is 19.4. The summed E-state index contributed by atoms with van der Waals surface area (Å²) in [7, 11) is 0. The Morgan fingerprint density at radius 3 is 2.28 bits per heavy atom. The standard InChI is InChI=1S/C15H17F3/c1-3-4-5-6-7-12(2)13-8-10-14(11-9-13)15(16,17)18/h3,7-11H,1,4-6H2,2H3/b12-7+. The van der Waals surface area contributed by atoms with Crippen molar-refractivity contribution in [3.63, 3.8) is 0 Å². The van der Waals surface area contributed by atoms with Crippen LogP contribution in [0.25, 0.3) is 5.57 Å². The molecule has 0 aromatic heterocycles. The molecule has 1 aromatic rings. The minimum atomic E-state index is -4.26. The van der Waals surface area contributed by atoms with E-state index in [1.807, 2.05) is 19.1 Å². The van der Waals surface area contributed by atoms with Gasteiger partial charge in [0, 0.05) is 0 Å². The molecule has 0 aliphatic carbocycles. The van der Waals surface area contributed by atoms with E-state index < -0.39 is 11.7 Å². The zero-order chi connectivity index (χ0) is 13.6. The van der Waals surface area contributed by atoms with Crippen LogP contribution in [-0.4, -0.2) is 0 Å². The summed E-state index contributed by atoms with van der Waals surface area (Å²) in [5.74, 6) is 0. The van der Waals surface area contributed by atoms with E-state index in [-0.39, 0.29) is 0 Å². The molecular weight excluding hydrogens is 237 g/mol. The molecule has 0 radical (unpaired) electrons. The monoisotopic (exact) mass is 254 g/mol.